The van der Waals surface area contributed by atoms with Crippen LogP contribution in [0.3, 0.4) is 0 Å². The highest BCUT2D eigenvalue weighted by Crippen LogP contribution is 2.50. The van der Waals surface area contributed by atoms with E-state index in [2.05, 4.69) is 251 Å². The first-order valence-corrected chi connectivity index (χ1v) is 22.4. The zero-order chi connectivity index (χ0) is 43.4. The van der Waals surface area contributed by atoms with Gasteiger partial charge in [-0.05, 0) is 150 Å². The van der Waals surface area contributed by atoms with Gasteiger partial charge in [0.2, 0.25) is 0 Å². The van der Waals surface area contributed by atoms with Crippen LogP contribution in [-0.4, -0.2) is 0 Å². The van der Waals surface area contributed by atoms with Gasteiger partial charge in [-0.2, -0.15) is 0 Å². The maximum Gasteiger partial charge on any atom is 0.0540 e. The van der Waals surface area contributed by atoms with Crippen molar-refractivity contribution < 1.29 is 0 Å². The molecule has 0 atom stereocenters. The van der Waals surface area contributed by atoms with Gasteiger partial charge in [0.1, 0.15) is 0 Å². The van der Waals surface area contributed by atoms with Crippen molar-refractivity contribution in [3.05, 3.63) is 253 Å². The zero-order valence-corrected chi connectivity index (χ0v) is 36.6. The minimum Gasteiger partial charge on any atom is -0.310 e. The topological polar surface area (TPSA) is 3.24 Å². The van der Waals surface area contributed by atoms with Crippen molar-refractivity contribution in [3.8, 4) is 44.5 Å². The van der Waals surface area contributed by atoms with Gasteiger partial charge in [0.25, 0.3) is 0 Å². The molecule has 0 N–H and O–H groups in total. The summed E-state index contributed by atoms with van der Waals surface area (Å²) in [5, 5.41) is 4.93. The zero-order valence-electron chi connectivity index (χ0n) is 36.6. The first-order chi connectivity index (χ1) is 31.3. The van der Waals surface area contributed by atoms with E-state index in [-0.39, 0.29) is 5.41 Å². The van der Waals surface area contributed by atoms with Crippen molar-refractivity contribution in [3.63, 3.8) is 0 Å². The van der Waals surface area contributed by atoms with E-state index in [1.165, 1.54) is 93.9 Å². The van der Waals surface area contributed by atoms with Crippen LogP contribution in [0.2, 0.25) is 0 Å². The molecular formula is C63H49N. The normalized spacial score (nSPS) is 12.5. The summed E-state index contributed by atoms with van der Waals surface area (Å²) in [6, 6.07) is 80.2. The standard InChI is InChI=1S/C63H49N/c1-42-25-26-49(40-58(42)62-51(28-27-48-18-9-11-21-55(48)62)39-43(2)44-15-6-5-7-16-44)45-29-34-52(35-30-45)64(61-24-14-19-47-17-8-10-20-54(47)61)53-36-31-46(32-37-53)50-33-38-57-56-22-12-13-23-59(56)63(3,4)60(57)41-50/h5-38,40-41H,2,39H2,1,3-4H3. The summed E-state index contributed by atoms with van der Waals surface area (Å²) in [7, 11) is 0. The predicted molar refractivity (Wildman–Crippen MR) is 274 cm³/mol. The molecule has 0 heterocycles. The number of benzene rings is 10. The number of rotatable bonds is 9. The molecule has 10 aromatic carbocycles. The fourth-order valence-corrected chi connectivity index (χ4v) is 10.2. The van der Waals surface area contributed by atoms with Crippen molar-refractivity contribution in [1.82, 2.24) is 0 Å². The molecule has 0 aromatic heterocycles. The van der Waals surface area contributed by atoms with Gasteiger partial charge in [0, 0.05) is 22.2 Å². The second-order valence-corrected chi connectivity index (χ2v) is 17.9. The smallest absolute Gasteiger partial charge is 0.0540 e. The van der Waals surface area contributed by atoms with Crippen LogP contribution >= 0.6 is 0 Å². The van der Waals surface area contributed by atoms with Crippen LogP contribution in [0.5, 0.6) is 0 Å². The van der Waals surface area contributed by atoms with E-state index in [4.69, 9.17) is 0 Å². The van der Waals surface area contributed by atoms with Gasteiger partial charge in [0.05, 0.1) is 5.69 Å². The van der Waals surface area contributed by atoms with Gasteiger partial charge in [-0.1, -0.05) is 196 Å². The Morgan fingerprint density at radius 1 is 0.453 bits per heavy atom. The quantitative estimate of drug-likeness (QED) is 0.140. The molecule has 0 radical (unpaired) electrons. The van der Waals surface area contributed by atoms with Crippen LogP contribution in [0, 0.1) is 6.92 Å². The third-order valence-corrected chi connectivity index (χ3v) is 13.6. The van der Waals surface area contributed by atoms with Crippen LogP contribution < -0.4 is 4.90 Å². The monoisotopic (exact) mass is 819 g/mol. The summed E-state index contributed by atoms with van der Waals surface area (Å²) in [4.78, 5) is 2.40. The fourth-order valence-electron chi connectivity index (χ4n) is 10.2. The van der Waals surface area contributed by atoms with Gasteiger partial charge in [0.15, 0.2) is 0 Å². The van der Waals surface area contributed by atoms with Crippen molar-refractivity contribution in [2.45, 2.75) is 32.6 Å². The van der Waals surface area contributed by atoms with Crippen LogP contribution in [0.1, 0.15) is 41.7 Å². The Morgan fingerprint density at radius 3 is 1.75 bits per heavy atom. The van der Waals surface area contributed by atoms with Gasteiger partial charge in [-0.3, -0.25) is 0 Å². The first kappa shape index (κ1) is 39.1. The molecule has 306 valence electrons. The van der Waals surface area contributed by atoms with E-state index < -0.39 is 0 Å². The van der Waals surface area contributed by atoms with Gasteiger partial charge < -0.3 is 4.90 Å². The lowest BCUT2D eigenvalue weighted by Gasteiger charge is -2.27. The number of aryl methyl sites for hydroxylation is 1. The average Bonchev–Trinajstić information content (AvgIpc) is 3.57. The van der Waals surface area contributed by atoms with E-state index in [0.717, 1.165) is 29.1 Å². The Labute approximate surface area is 377 Å². The molecule has 0 unspecified atom stereocenters. The number of hydrogen-bond donors (Lipinski definition) is 0. The summed E-state index contributed by atoms with van der Waals surface area (Å²) in [6.45, 7) is 11.5. The highest BCUT2D eigenvalue weighted by atomic mass is 15.1. The number of allylic oxidation sites excluding steroid dienone is 1. The lowest BCUT2D eigenvalue weighted by Crippen LogP contribution is -2.14. The van der Waals surface area contributed by atoms with E-state index in [9.17, 15) is 0 Å². The Kier molecular flexibility index (Phi) is 9.70. The third-order valence-electron chi connectivity index (χ3n) is 13.6. The molecule has 64 heavy (non-hydrogen) atoms. The number of anilines is 3. The SMILES string of the molecule is C=C(Cc1ccc2ccccc2c1-c1cc(-c2ccc(N(c3ccc(-c4ccc5c(c4)C(C)(C)c4ccccc4-5)cc3)c3cccc4ccccc34)cc2)ccc1C)c1ccccc1. The lowest BCUT2D eigenvalue weighted by molar-refractivity contribution is 0.660. The molecule has 0 aliphatic heterocycles. The molecule has 1 aliphatic carbocycles. The summed E-state index contributed by atoms with van der Waals surface area (Å²) < 4.78 is 0. The van der Waals surface area contributed by atoms with Crippen LogP contribution in [0.15, 0.2) is 225 Å². The summed E-state index contributed by atoms with van der Waals surface area (Å²) >= 11 is 0. The second-order valence-electron chi connectivity index (χ2n) is 17.9. The molecular weight excluding hydrogens is 771 g/mol. The van der Waals surface area contributed by atoms with Gasteiger partial charge in [-0.15, -0.1) is 0 Å². The van der Waals surface area contributed by atoms with E-state index >= 15 is 0 Å². The van der Waals surface area contributed by atoms with Crippen LogP contribution in [0.4, 0.5) is 17.1 Å². The Bertz CT molecular complexity index is 3380. The molecule has 11 rings (SSSR count). The van der Waals surface area contributed by atoms with Crippen molar-refractivity contribution in [1.29, 1.82) is 0 Å². The Balaban J connectivity index is 0.964. The number of nitrogens with zero attached hydrogens (tertiary/aromatic N) is 1. The molecule has 0 saturated carbocycles. The minimum atomic E-state index is -0.0453. The van der Waals surface area contributed by atoms with E-state index in [0.29, 0.717) is 0 Å². The average molecular weight is 820 g/mol. The van der Waals surface area contributed by atoms with Crippen LogP contribution in [-0.2, 0) is 11.8 Å². The highest BCUT2D eigenvalue weighted by molar-refractivity contribution is 6.01. The maximum absolute atomic E-state index is 4.54. The van der Waals surface area contributed by atoms with Crippen LogP contribution in [0.25, 0.3) is 71.6 Å². The molecule has 0 fully saturated rings. The molecule has 10 aromatic rings. The Hall–Kier alpha value is -7.74. The van der Waals surface area contributed by atoms with Gasteiger partial charge in [-0.25, -0.2) is 0 Å². The lowest BCUT2D eigenvalue weighted by atomic mass is 9.81. The molecule has 0 spiro atoms. The molecule has 0 amide bonds. The predicted octanol–water partition coefficient (Wildman–Crippen LogP) is 17.3. The third kappa shape index (κ3) is 6.82. The Morgan fingerprint density at radius 2 is 1.02 bits per heavy atom. The van der Waals surface area contributed by atoms with E-state index in [1.54, 1.807) is 0 Å². The summed E-state index contributed by atoms with van der Waals surface area (Å²) in [5.74, 6) is 0. The van der Waals surface area contributed by atoms with Crippen molar-refractivity contribution in [2.75, 3.05) is 4.90 Å². The molecule has 1 heteroatoms. The summed E-state index contributed by atoms with van der Waals surface area (Å²) in [5.41, 5.74) is 21.0. The number of hydrogen-bond acceptors (Lipinski definition) is 1. The summed E-state index contributed by atoms with van der Waals surface area (Å²) in [6.07, 6.45) is 0.772. The van der Waals surface area contributed by atoms with Crippen molar-refractivity contribution in [2.24, 2.45) is 0 Å². The second kappa shape index (κ2) is 15.9. The minimum absolute atomic E-state index is 0.0453. The van der Waals surface area contributed by atoms with Crippen molar-refractivity contribution >= 4 is 44.2 Å². The molecule has 1 aliphatic rings. The molecule has 0 saturated heterocycles. The first-order valence-electron chi connectivity index (χ1n) is 22.4. The number of fused-ring (bicyclic) bond motifs is 5. The molecule has 1 nitrogen and oxygen atoms in total. The van der Waals surface area contributed by atoms with Gasteiger partial charge >= 0.3 is 0 Å². The maximum atomic E-state index is 4.54. The van der Waals surface area contributed by atoms with E-state index in [1.807, 2.05) is 0 Å². The molecule has 0 bridgehead atoms. The fraction of sp³-hybridized carbons (Fsp3) is 0.0794. The highest BCUT2D eigenvalue weighted by Gasteiger charge is 2.35. The largest absolute Gasteiger partial charge is 0.310 e.